The molecule has 0 radical (unpaired) electrons. The van der Waals surface area contributed by atoms with Crippen LogP contribution in [0.2, 0.25) is 0 Å². The van der Waals surface area contributed by atoms with Gasteiger partial charge in [0.25, 0.3) is 0 Å². The van der Waals surface area contributed by atoms with E-state index in [2.05, 4.69) is 25.7 Å². The van der Waals surface area contributed by atoms with Crippen molar-refractivity contribution >= 4 is 29.0 Å². The Morgan fingerprint density at radius 2 is 1.71 bits per heavy atom. The standard InChI is InChI=1S/C28H32FN3O2S/c1-5-15-31(28(34)30-25-12-8-23(9-13-25)20(2)3)19-27(33)32(18-26-21(4)14-16-35-26)17-22-6-10-24(29)11-7-22/h5-14,16,20H,1,15,17-19H2,2-4H3,(H,30,34). The van der Waals surface area contributed by atoms with E-state index in [0.29, 0.717) is 24.7 Å². The zero-order valence-corrected chi connectivity index (χ0v) is 21.3. The van der Waals surface area contributed by atoms with Crippen molar-refractivity contribution in [3.8, 4) is 0 Å². The summed E-state index contributed by atoms with van der Waals surface area (Å²) in [5.74, 6) is -0.126. The molecule has 3 rings (SSSR count). The third-order valence-electron chi connectivity index (χ3n) is 5.73. The van der Waals surface area contributed by atoms with Gasteiger partial charge in [-0.1, -0.05) is 44.2 Å². The van der Waals surface area contributed by atoms with Crippen LogP contribution in [0.5, 0.6) is 0 Å². The maximum atomic E-state index is 13.4. The summed E-state index contributed by atoms with van der Waals surface area (Å²) in [6.45, 7) is 10.8. The molecule has 5 nitrogen and oxygen atoms in total. The number of urea groups is 1. The Kier molecular flexibility index (Phi) is 9.20. The second-order valence-electron chi connectivity index (χ2n) is 8.78. The van der Waals surface area contributed by atoms with Crippen LogP contribution in [0.25, 0.3) is 0 Å². The van der Waals surface area contributed by atoms with E-state index in [9.17, 15) is 14.0 Å². The first-order valence-corrected chi connectivity index (χ1v) is 12.5. The molecule has 184 valence electrons. The molecule has 7 heteroatoms. The average Bonchev–Trinajstić information content (AvgIpc) is 3.24. The van der Waals surface area contributed by atoms with Gasteiger partial charge in [0, 0.05) is 23.7 Å². The molecule has 0 atom stereocenters. The predicted octanol–water partition coefficient (Wildman–Crippen LogP) is 6.57. The van der Waals surface area contributed by atoms with Crippen LogP contribution in [0.15, 0.2) is 72.6 Å². The van der Waals surface area contributed by atoms with E-state index in [1.54, 1.807) is 34.4 Å². The minimum atomic E-state index is -0.371. The fraction of sp³-hybridized carbons (Fsp3) is 0.286. The first-order chi connectivity index (χ1) is 16.8. The molecule has 0 saturated heterocycles. The Morgan fingerprint density at radius 1 is 1.03 bits per heavy atom. The second-order valence-corrected chi connectivity index (χ2v) is 9.78. The van der Waals surface area contributed by atoms with E-state index >= 15 is 0 Å². The number of halogens is 1. The summed E-state index contributed by atoms with van der Waals surface area (Å²) in [4.78, 5) is 30.6. The van der Waals surface area contributed by atoms with Crippen molar-refractivity contribution in [3.05, 3.63) is 100 Å². The number of rotatable bonds is 10. The molecule has 0 spiro atoms. The third-order valence-corrected chi connectivity index (χ3v) is 6.74. The Labute approximate surface area is 210 Å². The van der Waals surface area contributed by atoms with Crippen molar-refractivity contribution in [2.45, 2.75) is 39.8 Å². The number of hydrogen-bond donors (Lipinski definition) is 1. The minimum Gasteiger partial charge on any atom is -0.332 e. The first kappa shape index (κ1) is 26.2. The van der Waals surface area contributed by atoms with Gasteiger partial charge in [0.1, 0.15) is 12.4 Å². The van der Waals surface area contributed by atoms with Gasteiger partial charge in [-0.05, 0) is 65.2 Å². The van der Waals surface area contributed by atoms with Crippen molar-refractivity contribution in [1.82, 2.24) is 9.80 Å². The number of nitrogens with zero attached hydrogens (tertiary/aromatic N) is 2. The lowest BCUT2D eigenvalue weighted by atomic mass is 10.0. The zero-order chi connectivity index (χ0) is 25.4. The third kappa shape index (κ3) is 7.52. The van der Waals surface area contributed by atoms with E-state index < -0.39 is 0 Å². The fourth-order valence-corrected chi connectivity index (χ4v) is 4.49. The van der Waals surface area contributed by atoms with E-state index in [0.717, 1.165) is 16.0 Å². The van der Waals surface area contributed by atoms with Crippen molar-refractivity contribution in [1.29, 1.82) is 0 Å². The van der Waals surface area contributed by atoms with Crippen LogP contribution in [0.4, 0.5) is 14.9 Å². The maximum absolute atomic E-state index is 13.4. The molecule has 3 aromatic rings. The molecular formula is C28H32FN3O2S. The Balaban J connectivity index is 1.74. The largest absolute Gasteiger partial charge is 0.332 e. The Morgan fingerprint density at radius 3 is 2.29 bits per heavy atom. The maximum Gasteiger partial charge on any atom is 0.322 e. The number of amides is 3. The van der Waals surface area contributed by atoms with Gasteiger partial charge in [0.15, 0.2) is 0 Å². The van der Waals surface area contributed by atoms with Gasteiger partial charge in [0.2, 0.25) is 5.91 Å². The Bertz CT molecular complexity index is 1140. The molecule has 0 aliphatic rings. The fourth-order valence-electron chi connectivity index (χ4n) is 3.57. The van der Waals surface area contributed by atoms with Gasteiger partial charge < -0.3 is 15.1 Å². The second kappa shape index (κ2) is 12.3. The Hall–Kier alpha value is -3.45. The van der Waals surface area contributed by atoms with Crippen molar-refractivity contribution in [2.75, 3.05) is 18.4 Å². The summed E-state index contributed by atoms with van der Waals surface area (Å²) < 4.78 is 13.4. The number of aryl methyl sites for hydroxylation is 1. The molecule has 1 aromatic heterocycles. The summed E-state index contributed by atoms with van der Waals surface area (Å²) >= 11 is 1.59. The van der Waals surface area contributed by atoms with Gasteiger partial charge in [-0.25, -0.2) is 9.18 Å². The van der Waals surface area contributed by atoms with Crippen molar-refractivity contribution in [3.63, 3.8) is 0 Å². The highest BCUT2D eigenvalue weighted by Crippen LogP contribution is 2.21. The highest BCUT2D eigenvalue weighted by Gasteiger charge is 2.22. The summed E-state index contributed by atoms with van der Waals surface area (Å²) in [7, 11) is 0. The molecule has 0 saturated carbocycles. The highest BCUT2D eigenvalue weighted by molar-refractivity contribution is 7.10. The van der Waals surface area contributed by atoms with E-state index in [-0.39, 0.29) is 30.8 Å². The molecule has 0 aliphatic carbocycles. The predicted molar refractivity (Wildman–Crippen MR) is 141 cm³/mol. The minimum absolute atomic E-state index is 0.104. The van der Waals surface area contributed by atoms with Crippen LogP contribution in [0.1, 0.15) is 41.3 Å². The van der Waals surface area contributed by atoms with Gasteiger partial charge >= 0.3 is 6.03 Å². The quantitative estimate of drug-likeness (QED) is 0.325. The summed E-state index contributed by atoms with van der Waals surface area (Å²) in [5.41, 5.74) is 3.77. The highest BCUT2D eigenvalue weighted by atomic mass is 32.1. The molecule has 1 heterocycles. The molecule has 0 aliphatic heterocycles. The molecule has 35 heavy (non-hydrogen) atoms. The van der Waals surface area contributed by atoms with Crippen LogP contribution >= 0.6 is 11.3 Å². The van der Waals surface area contributed by atoms with Crippen LogP contribution in [-0.4, -0.2) is 34.8 Å². The van der Waals surface area contributed by atoms with Gasteiger partial charge in [0.05, 0.1) is 6.54 Å². The lowest BCUT2D eigenvalue weighted by Gasteiger charge is -2.27. The van der Waals surface area contributed by atoms with Gasteiger partial charge in [-0.3, -0.25) is 4.79 Å². The van der Waals surface area contributed by atoms with Gasteiger partial charge in [-0.2, -0.15) is 0 Å². The number of carbonyl (C=O) groups excluding carboxylic acids is 2. The van der Waals surface area contributed by atoms with E-state index in [4.69, 9.17) is 0 Å². The topological polar surface area (TPSA) is 52.7 Å². The molecule has 2 aromatic carbocycles. The van der Waals surface area contributed by atoms with E-state index in [1.165, 1.54) is 22.6 Å². The number of hydrogen-bond acceptors (Lipinski definition) is 3. The lowest BCUT2D eigenvalue weighted by Crippen LogP contribution is -2.44. The molecule has 0 fully saturated rings. The monoisotopic (exact) mass is 493 g/mol. The molecule has 3 amide bonds. The smallest absolute Gasteiger partial charge is 0.322 e. The summed E-state index contributed by atoms with van der Waals surface area (Å²) in [6.07, 6.45) is 1.60. The molecule has 1 N–H and O–H groups in total. The van der Waals surface area contributed by atoms with Crippen LogP contribution in [-0.2, 0) is 17.9 Å². The van der Waals surface area contributed by atoms with Crippen molar-refractivity contribution < 1.29 is 14.0 Å². The average molecular weight is 494 g/mol. The number of thiophene rings is 1. The van der Waals surface area contributed by atoms with E-state index in [1.807, 2.05) is 42.6 Å². The van der Waals surface area contributed by atoms with Crippen LogP contribution < -0.4 is 5.32 Å². The lowest BCUT2D eigenvalue weighted by molar-refractivity contribution is -0.132. The molecular weight excluding hydrogens is 461 g/mol. The number of carbonyl (C=O) groups is 2. The SMILES string of the molecule is C=CCN(CC(=O)N(Cc1ccc(F)cc1)Cc1sccc1C)C(=O)Nc1ccc(C(C)C)cc1. The van der Waals surface area contributed by atoms with Crippen LogP contribution in [0.3, 0.4) is 0 Å². The first-order valence-electron chi connectivity index (χ1n) is 11.6. The molecule has 0 unspecified atom stereocenters. The molecule has 0 bridgehead atoms. The summed E-state index contributed by atoms with van der Waals surface area (Å²) in [5, 5.41) is 4.87. The zero-order valence-electron chi connectivity index (χ0n) is 20.5. The van der Waals surface area contributed by atoms with Crippen molar-refractivity contribution in [2.24, 2.45) is 0 Å². The van der Waals surface area contributed by atoms with Gasteiger partial charge in [-0.15, -0.1) is 17.9 Å². The van der Waals surface area contributed by atoms with Crippen LogP contribution in [0, 0.1) is 12.7 Å². The number of nitrogens with one attached hydrogen (secondary N) is 1. The normalized spacial score (nSPS) is 10.8. The number of benzene rings is 2. The summed E-state index contributed by atoms with van der Waals surface area (Å²) in [6, 6.07) is 15.5. The number of anilines is 1.